The van der Waals surface area contributed by atoms with Crippen molar-refractivity contribution in [2.75, 3.05) is 0 Å². The first-order chi connectivity index (χ1) is 3.77. The highest BCUT2D eigenvalue weighted by atomic mass is 79.9. The molecule has 49 valence electrons. The summed E-state index contributed by atoms with van der Waals surface area (Å²) < 4.78 is 0. The Morgan fingerprint density at radius 1 is 1.75 bits per heavy atom. The van der Waals surface area contributed by atoms with Gasteiger partial charge in [0.05, 0.1) is 0 Å². The molecular weight excluding hydrogens is 187 g/mol. The van der Waals surface area contributed by atoms with Crippen LogP contribution in [0.5, 0.6) is 0 Å². The van der Waals surface area contributed by atoms with Gasteiger partial charge in [0, 0.05) is 10.7 Å². The minimum atomic E-state index is 0.638. The first kappa shape index (κ1) is 8.77. The molecule has 0 N–H and O–H groups in total. The quantitative estimate of drug-likeness (QED) is 0.480. The predicted octanol–water partition coefficient (Wildman–Crippen LogP) is 3.34. The molecule has 2 heteroatoms. The van der Waals surface area contributed by atoms with Gasteiger partial charge >= 0.3 is 0 Å². The average Bonchev–Trinajstić information content (AvgIpc) is 1.66. The van der Waals surface area contributed by atoms with E-state index < -0.39 is 0 Å². The molecule has 0 aliphatic carbocycles. The smallest absolute Gasteiger partial charge is 0.0499 e. The second-order valence-electron chi connectivity index (χ2n) is 1.87. The molecule has 0 saturated carbocycles. The zero-order valence-corrected chi connectivity index (χ0v) is 7.37. The molecule has 0 bridgehead atoms. The van der Waals surface area contributed by atoms with Crippen molar-refractivity contribution in [2.45, 2.75) is 31.0 Å². The Labute approximate surface area is 64.7 Å². The van der Waals surface area contributed by atoms with Crippen LogP contribution < -0.4 is 0 Å². The van der Waals surface area contributed by atoms with E-state index >= 15 is 0 Å². The van der Waals surface area contributed by atoms with Crippen molar-refractivity contribution in [3.05, 3.63) is 5.88 Å². The number of hydrogen-bond acceptors (Lipinski definition) is 0. The van der Waals surface area contributed by atoms with Crippen LogP contribution in [0, 0.1) is 5.88 Å². The summed E-state index contributed by atoms with van der Waals surface area (Å²) in [7, 11) is 0. The van der Waals surface area contributed by atoms with Crippen LogP contribution in [-0.2, 0) is 0 Å². The van der Waals surface area contributed by atoms with E-state index in [2.05, 4.69) is 22.9 Å². The summed E-state index contributed by atoms with van der Waals surface area (Å²) in [5.41, 5.74) is 0. The van der Waals surface area contributed by atoms with Crippen molar-refractivity contribution < 1.29 is 0 Å². The average molecular weight is 199 g/mol. The van der Waals surface area contributed by atoms with Gasteiger partial charge in [-0.15, -0.1) is 11.6 Å². The van der Waals surface area contributed by atoms with E-state index in [-0.39, 0.29) is 0 Å². The minimum absolute atomic E-state index is 0.638. The highest BCUT2D eigenvalue weighted by molar-refractivity contribution is 9.09. The van der Waals surface area contributed by atoms with Crippen molar-refractivity contribution in [1.82, 2.24) is 0 Å². The molecular formula is C6H11BrCl. The predicted molar refractivity (Wildman–Crippen MR) is 42.4 cm³/mol. The van der Waals surface area contributed by atoms with Crippen LogP contribution in [0.3, 0.4) is 0 Å². The number of unbranched alkanes of at least 4 members (excludes halogenated alkanes) is 1. The van der Waals surface area contributed by atoms with E-state index in [4.69, 9.17) is 11.6 Å². The fourth-order valence-corrected chi connectivity index (χ4v) is 0.954. The van der Waals surface area contributed by atoms with Gasteiger partial charge in [0.25, 0.3) is 0 Å². The number of rotatable bonds is 4. The zero-order valence-electron chi connectivity index (χ0n) is 5.03. The van der Waals surface area contributed by atoms with Crippen LogP contribution in [0.4, 0.5) is 0 Å². The lowest BCUT2D eigenvalue weighted by atomic mass is 10.2. The van der Waals surface area contributed by atoms with E-state index in [1.807, 2.05) is 0 Å². The Kier molecular flexibility index (Phi) is 6.47. The molecule has 0 heterocycles. The van der Waals surface area contributed by atoms with Crippen molar-refractivity contribution in [3.63, 3.8) is 0 Å². The Hall–Kier alpha value is 0.770. The Bertz CT molecular complexity index is 45.8. The maximum Gasteiger partial charge on any atom is 0.0499 e. The highest BCUT2D eigenvalue weighted by Gasteiger charge is 1.93. The second-order valence-corrected chi connectivity index (χ2v) is 3.74. The second kappa shape index (κ2) is 5.90. The van der Waals surface area contributed by atoms with Crippen LogP contribution in [0.25, 0.3) is 0 Å². The van der Waals surface area contributed by atoms with E-state index in [1.54, 1.807) is 5.88 Å². The van der Waals surface area contributed by atoms with Gasteiger partial charge in [0.15, 0.2) is 0 Å². The van der Waals surface area contributed by atoms with Gasteiger partial charge in [0.1, 0.15) is 0 Å². The molecule has 0 nitrogen and oxygen atoms in total. The normalized spacial score (nSPS) is 13.9. The van der Waals surface area contributed by atoms with E-state index in [0.717, 1.165) is 6.42 Å². The summed E-state index contributed by atoms with van der Waals surface area (Å²) in [5, 5.41) is 0. The Morgan fingerprint density at radius 2 is 2.38 bits per heavy atom. The summed E-state index contributed by atoms with van der Waals surface area (Å²) >= 11 is 8.79. The third-order valence-corrected chi connectivity index (χ3v) is 1.59. The molecule has 0 aromatic heterocycles. The summed E-state index contributed by atoms with van der Waals surface area (Å²) in [6.07, 6.45) is 3.43. The van der Waals surface area contributed by atoms with Crippen LogP contribution in [0.1, 0.15) is 26.2 Å². The van der Waals surface area contributed by atoms with Crippen molar-refractivity contribution in [2.24, 2.45) is 0 Å². The monoisotopic (exact) mass is 197 g/mol. The van der Waals surface area contributed by atoms with Crippen molar-refractivity contribution in [3.8, 4) is 0 Å². The lowest BCUT2D eigenvalue weighted by molar-refractivity contribution is 0.742. The molecule has 1 radical (unpaired) electrons. The molecule has 1 unspecified atom stereocenters. The molecule has 0 aliphatic rings. The molecule has 0 aromatic carbocycles. The van der Waals surface area contributed by atoms with E-state index in [1.165, 1.54) is 12.8 Å². The van der Waals surface area contributed by atoms with Crippen molar-refractivity contribution >= 4 is 27.5 Å². The molecule has 8 heavy (non-hydrogen) atoms. The summed E-state index contributed by atoms with van der Waals surface area (Å²) in [4.78, 5) is 0.638. The molecule has 0 amide bonds. The third-order valence-electron chi connectivity index (χ3n) is 0.915. The standard InChI is InChI=1S/C6H11BrCl/c1-6(7)4-2-3-5-8/h5-6H,2-4H2,1H3. The van der Waals surface area contributed by atoms with Gasteiger partial charge in [0.2, 0.25) is 0 Å². The summed E-state index contributed by atoms with van der Waals surface area (Å²) in [6, 6.07) is 0. The third kappa shape index (κ3) is 6.77. The molecule has 0 saturated heterocycles. The lowest BCUT2D eigenvalue weighted by Crippen LogP contribution is -1.87. The van der Waals surface area contributed by atoms with Gasteiger partial charge < -0.3 is 0 Å². The van der Waals surface area contributed by atoms with Gasteiger partial charge in [-0.25, -0.2) is 0 Å². The first-order valence-electron chi connectivity index (χ1n) is 2.83. The SMILES string of the molecule is CC(Br)CCC[CH]Cl. The van der Waals surface area contributed by atoms with Gasteiger partial charge in [-0.1, -0.05) is 29.3 Å². The largest absolute Gasteiger partial charge is 0.121 e. The minimum Gasteiger partial charge on any atom is -0.121 e. The summed E-state index contributed by atoms with van der Waals surface area (Å²) in [6.45, 7) is 2.15. The number of alkyl halides is 1. The molecule has 1 atom stereocenters. The molecule has 0 fully saturated rings. The van der Waals surface area contributed by atoms with Crippen LogP contribution in [-0.4, -0.2) is 4.83 Å². The van der Waals surface area contributed by atoms with Crippen LogP contribution in [0.15, 0.2) is 0 Å². The highest BCUT2D eigenvalue weighted by Crippen LogP contribution is 2.09. The molecule has 0 aliphatic heterocycles. The zero-order chi connectivity index (χ0) is 6.41. The maximum absolute atomic E-state index is 5.34. The van der Waals surface area contributed by atoms with Crippen LogP contribution >= 0.6 is 27.5 Å². The Morgan fingerprint density at radius 3 is 2.75 bits per heavy atom. The maximum atomic E-state index is 5.34. The van der Waals surface area contributed by atoms with Gasteiger partial charge in [-0.3, -0.25) is 0 Å². The lowest BCUT2D eigenvalue weighted by Gasteiger charge is -1.98. The Balaban J connectivity index is 2.72. The number of hydrogen-bond donors (Lipinski definition) is 0. The molecule has 0 rings (SSSR count). The van der Waals surface area contributed by atoms with E-state index in [0.29, 0.717) is 4.83 Å². The van der Waals surface area contributed by atoms with Crippen molar-refractivity contribution in [1.29, 1.82) is 0 Å². The first-order valence-corrected chi connectivity index (χ1v) is 4.18. The topological polar surface area (TPSA) is 0 Å². The summed E-state index contributed by atoms with van der Waals surface area (Å²) in [5.74, 6) is 1.69. The van der Waals surface area contributed by atoms with Crippen LogP contribution in [0.2, 0.25) is 0 Å². The number of halogens is 2. The van der Waals surface area contributed by atoms with Gasteiger partial charge in [-0.2, -0.15) is 0 Å². The fourth-order valence-electron chi connectivity index (χ4n) is 0.476. The molecule has 0 spiro atoms. The molecule has 0 aromatic rings. The fraction of sp³-hybridized carbons (Fsp3) is 0.833. The van der Waals surface area contributed by atoms with E-state index in [9.17, 15) is 0 Å². The van der Waals surface area contributed by atoms with Gasteiger partial charge in [-0.05, 0) is 12.8 Å².